The molecule has 1 heterocycles. The fourth-order valence-electron chi connectivity index (χ4n) is 4.10. The Bertz CT molecular complexity index is 1070. The van der Waals surface area contributed by atoms with E-state index in [0.717, 1.165) is 34.5 Å². The first-order chi connectivity index (χ1) is 15.9. The highest BCUT2D eigenvalue weighted by Gasteiger charge is 2.32. The second-order valence-corrected chi connectivity index (χ2v) is 8.96. The highest BCUT2D eigenvalue weighted by atomic mass is 35.5. The highest BCUT2D eigenvalue weighted by molar-refractivity contribution is 6.30. The molecule has 1 saturated heterocycles. The van der Waals surface area contributed by atoms with Crippen molar-refractivity contribution in [3.8, 4) is 5.75 Å². The standard InChI is InChI=1S/C27H29ClN2O3/c1-20-2-6-22(7-3-20)27(32,18-21-4-10-24(28)11-5-21)23-8-12-25(13-9-23)33-17-16-30-15-14-29-26(31)19-30/h2-13,32H,14-19H2,1H3,(H,29,31). The second-order valence-electron chi connectivity index (χ2n) is 8.53. The molecule has 3 aromatic rings. The molecule has 172 valence electrons. The van der Waals surface area contributed by atoms with Crippen molar-refractivity contribution in [2.45, 2.75) is 18.9 Å². The number of benzene rings is 3. The Morgan fingerprint density at radius 3 is 2.27 bits per heavy atom. The van der Waals surface area contributed by atoms with Crippen LogP contribution in [0.15, 0.2) is 72.8 Å². The summed E-state index contributed by atoms with van der Waals surface area (Å²) in [4.78, 5) is 13.6. The second kappa shape index (κ2) is 10.4. The summed E-state index contributed by atoms with van der Waals surface area (Å²) in [7, 11) is 0. The van der Waals surface area contributed by atoms with E-state index in [1.807, 2.05) is 79.7 Å². The maximum atomic E-state index is 11.9. The topological polar surface area (TPSA) is 61.8 Å². The van der Waals surface area contributed by atoms with E-state index in [2.05, 4.69) is 10.2 Å². The van der Waals surface area contributed by atoms with Gasteiger partial charge >= 0.3 is 0 Å². The Morgan fingerprint density at radius 2 is 1.64 bits per heavy atom. The molecule has 0 bridgehead atoms. The van der Waals surface area contributed by atoms with Gasteiger partial charge in [-0.15, -0.1) is 0 Å². The van der Waals surface area contributed by atoms with E-state index < -0.39 is 5.60 Å². The molecule has 0 aromatic heterocycles. The monoisotopic (exact) mass is 464 g/mol. The number of ether oxygens (including phenoxy) is 1. The lowest BCUT2D eigenvalue weighted by atomic mass is 9.81. The van der Waals surface area contributed by atoms with Gasteiger partial charge in [-0.2, -0.15) is 0 Å². The average molecular weight is 465 g/mol. The zero-order chi connectivity index (χ0) is 23.3. The number of rotatable bonds is 8. The molecule has 0 radical (unpaired) electrons. The first-order valence-corrected chi connectivity index (χ1v) is 11.6. The molecular weight excluding hydrogens is 436 g/mol. The predicted octanol–water partition coefficient (Wildman–Crippen LogP) is 3.94. The van der Waals surface area contributed by atoms with Crippen molar-refractivity contribution in [3.63, 3.8) is 0 Å². The zero-order valence-corrected chi connectivity index (χ0v) is 19.5. The summed E-state index contributed by atoms with van der Waals surface area (Å²) in [6.45, 7) is 5.15. The summed E-state index contributed by atoms with van der Waals surface area (Å²) in [5, 5.41) is 15.4. The normalized spacial score (nSPS) is 16.2. The van der Waals surface area contributed by atoms with Gasteiger partial charge in [-0.3, -0.25) is 9.69 Å². The molecule has 1 unspecified atom stereocenters. The Hall–Kier alpha value is -2.86. The van der Waals surface area contributed by atoms with Crippen molar-refractivity contribution in [1.82, 2.24) is 10.2 Å². The van der Waals surface area contributed by atoms with Gasteiger partial charge in [0, 0.05) is 31.1 Å². The van der Waals surface area contributed by atoms with E-state index in [4.69, 9.17) is 16.3 Å². The number of amides is 1. The smallest absolute Gasteiger partial charge is 0.234 e. The van der Waals surface area contributed by atoms with Gasteiger partial charge in [-0.25, -0.2) is 0 Å². The van der Waals surface area contributed by atoms with Gasteiger partial charge in [0.1, 0.15) is 18.0 Å². The maximum absolute atomic E-state index is 11.9. The molecule has 1 amide bonds. The number of aryl methyl sites for hydroxylation is 1. The van der Waals surface area contributed by atoms with Crippen LogP contribution < -0.4 is 10.1 Å². The lowest BCUT2D eigenvalue weighted by molar-refractivity contribution is -0.124. The van der Waals surface area contributed by atoms with E-state index in [9.17, 15) is 9.90 Å². The summed E-state index contributed by atoms with van der Waals surface area (Å²) in [6, 6.07) is 23.2. The van der Waals surface area contributed by atoms with Gasteiger partial charge in [0.2, 0.25) is 5.91 Å². The van der Waals surface area contributed by atoms with E-state index in [1.165, 1.54) is 0 Å². The fraction of sp³-hybridized carbons (Fsp3) is 0.296. The van der Waals surface area contributed by atoms with Crippen LogP contribution in [-0.2, 0) is 16.8 Å². The first kappa shape index (κ1) is 23.3. The van der Waals surface area contributed by atoms with Crippen LogP contribution in [0, 0.1) is 6.92 Å². The third kappa shape index (κ3) is 5.93. The molecule has 1 atom stereocenters. The number of piperazine rings is 1. The molecule has 1 fully saturated rings. The van der Waals surface area contributed by atoms with Crippen molar-refractivity contribution < 1.29 is 14.6 Å². The molecule has 33 heavy (non-hydrogen) atoms. The maximum Gasteiger partial charge on any atom is 0.234 e. The highest BCUT2D eigenvalue weighted by Crippen LogP contribution is 2.34. The van der Waals surface area contributed by atoms with Crippen LogP contribution in [0.2, 0.25) is 5.02 Å². The first-order valence-electron chi connectivity index (χ1n) is 11.2. The zero-order valence-electron chi connectivity index (χ0n) is 18.8. The van der Waals surface area contributed by atoms with Gasteiger partial charge in [0.05, 0.1) is 6.54 Å². The fourth-order valence-corrected chi connectivity index (χ4v) is 4.23. The SMILES string of the molecule is Cc1ccc(C(O)(Cc2ccc(Cl)cc2)c2ccc(OCCN3CCNC(=O)C3)cc2)cc1. The molecule has 1 aliphatic rings. The van der Waals surface area contributed by atoms with Crippen molar-refractivity contribution in [2.24, 2.45) is 0 Å². The van der Waals surface area contributed by atoms with Crippen LogP contribution in [-0.4, -0.2) is 48.7 Å². The Balaban J connectivity index is 1.49. The molecular formula is C27H29ClN2O3. The summed E-state index contributed by atoms with van der Waals surface area (Å²) >= 11 is 6.05. The van der Waals surface area contributed by atoms with E-state index in [-0.39, 0.29) is 5.91 Å². The molecule has 0 aliphatic carbocycles. The van der Waals surface area contributed by atoms with E-state index >= 15 is 0 Å². The van der Waals surface area contributed by atoms with Crippen LogP contribution in [0.4, 0.5) is 0 Å². The minimum atomic E-state index is -1.19. The summed E-state index contributed by atoms with van der Waals surface area (Å²) in [5.74, 6) is 0.791. The Kier molecular flexibility index (Phi) is 7.33. The molecule has 0 spiro atoms. The number of nitrogens with one attached hydrogen (secondary N) is 1. The minimum Gasteiger partial charge on any atom is -0.492 e. The van der Waals surface area contributed by atoms with Crippen LogP contribution in [0.25, 0.3) is 0 Å². The van der Waals surface area contributed by atoms with Gasteiger partial charge in [0.25, 0.3) is 0 Å². The van der Waals surface area contributed by atoms with Crippen LogP contribution in [0.1, 0.15) is 22.3 Å². The number of hydrogen-bond donors (Lipinski definition) is 2. The number of halogens is 1. The Morgan fingerprint density at radius 1 is 1.00 bits per heavy atom. The van der Waals surface area contributed by atoms with Crippen molar-refractivity contribution in [1.29, 1.82) is 0 Å². The minimum absolute atomic E-state index is 0.0571. The summed E-state index contributed by atoms with van der Waals surface area (Å²) in [5.41, 5.74) is 2.57. The summed E-state index contributed by atoms with van der Waals surface area (Å²) in [6.07, 6.45) is 0.421. The molecule has 5 nitrogen and oxygen atoms in total. The van der Waals surface area contributed by atoms with Crippen LogP contribution in [0.3, 0.4) is 0 Å². The van der Waals surface area contributed by atoms with Crippen molar-refractivity contribution >= 4 is 17.5 Å². The van der Waals surface area contributed by atoms with Crippen molar-refractivity contribution in [3.05, 3.63) is 100 Å². The quantitative estimate of drug-likeness (QED) is 0.530. The number of aliphatic hydroxyl groups is 1. The van der Waals surface area contributed by atoms with Crippen LogP contribution in [0.5, 0.6) is 5.75 Å². The van der Waals surface area contributed by atoms with E-state index in [1.54, 1.807) is 0 Å². The molecule has 4 rings (SSSR count). The lowest BCUT2D eigenvalue weighted by Gasteiger charge is -2.30. The van der Waals surface area contributed by atoms with Crippen LogP contribution >= 0.6 is 11.6 Å². The van der Waals surface area contributed by atoms with Gasteiger partial charge < -0.3 is 15.2 Å². The summed E-state index contributed by atoms with van der Waals surface area (Å²) < 4.78 is 5.89. The molecule has 1 aliphatic heterocycles. The number of hydrogen-bond acceptors (Lipinski definition) is 4. The Labute approximate surface area is 200 Å². The third-order valence-corrected chi connectivity index (χ3v) is 6.28. The molecule has 2 N–H and O–H groups in total. The number of nitrogens with zero attached hydrogens (tertiary/aromatic N) is 1. The number of carbonyl (C=O) groups is 1. The van der Waals surface area contributed by atoms with Gasteiger partial charge in [-0.1, -0.05) is 65.7 Å². The third-order valence-electron chi connectivity index (χ3n) is 6.03. The largest absolute Gasteiger partial charge is 0.492 e. The van der Waals surface area contributed by atoms with Gasteiger partial charge in [0.15, 0.2) is 0 Å². The van der Waals surface area contributed by atoms with E-state index in [0.29, 0.717) is 37.7 Å². The molecule has 6 heteroatoms. The average Bonchev–Trinajstić information content (AvgIpc) is 2.81. The van der Waals surface area contributed by atoms with Crippen molar-refractivity contribution in [2.75, 3.05) is 32.8 Å². The predicted molar refractivity (Wildman–Crippen MR) is 131 cm³/mol. The molecule has 0 saturated carbocycles. The number of carbonyl (C=O) groups excluding carboxylic acids is 1. The lowest BCUT2D eigenvalue weighted by Crippen LogP contribution is -2.48. The molecule has 3 aromatic carbocycles. The van der Waals surface area contributed by atoms with Gasteiger partial charge in [-0.05, 0) is 47.9 Å².